The first kappa shape index (κ1) is 11.2. The van der Waals surface area contributed by atoms with Gasteiger partial charge in [0.2, 0.25) is 5.91 Å². The van der Waals surface area contributed by atoms with E-state index in [2.05, 4.69) is 0 Å². The highest BCUT2D eigenvalue weighted by atomic mass is 16.2. The second-order valence-electron chi connectivity index (χ2n) is 2.66. The highest BCUT2D eigenvalue weighted by Crippen LogP contribution is 2.09. The first-order valence-electron chi connectivity index (χ1n) is 4.70. The number of rotatable bonds is 1. The second kappa shape index (κ2) is 5.81. The number of amides is 1. The van der Waals surface area contributed by atoms with Gasteiger partial charge in [0.25, 0.3) is 0 Å². The smallest absolute Gasteiger partial charge is 0.246 e. The summed E-state index contributed by atoms with van der Waals surface area (Å²) in [4.78, 5) is 12.9. The molecule has 0 aromatic heterocycles. The van der Waals surface area contributed by atoms with Crippen molar-refractivity contribution >= 4 is 5.91 Å². The summed E-state index contributed by atoms with van der Waals surface area (Å²) in [6.07, 6.45) is 2.77. The maximum atomic E-state index is 11.1. The van der Waals surface area contributed by atoms with Crippen molar-refractivity contribution in [1.82, 2.24) is 4.90 Å². The fraction of sp³-hybridized carbons (Fsp3) is 0.700. The van der Waals surface area contributed by atoms with Crippen molar-refractivity contribution in [3.8, 4) is 0 Å². The molecule has 0 spiro atoms. The zero-order valence-electron chi connectivity index (χ0n) is 8.55. The van der Waals surface area contributed by atoms with E-state index < -0.39 is 0 Å². The average molecular weight is 169 g/mol. The molecule has 0 saturated heterocycles. The van der Waals surface area contributed by atoms with E-state index in [1.807, 2.05) is 32.6 Å². The zero-order valence-corrected chi connectivity index (χ0v) is 8.55. The first-order valence-corrected chi connectivity index (χ1v) is 4.70. The van der Waals surface area contributed by atoms with Crippen LogP contribution in [0.1, 0.15) is 34.1 Å². The maximum Gasteiger partial charge on any atom is 0.246 e. The highest BCUT2D eigenvalue weighted by molar-refractivity contribution is 5.89. The molecule has 0 fully saturated rings. The molecule has 1 rings (SSSR count). The minimum atomic E-state index is 0.172. The Morgan fingerprint density at radius 1 is 1.50 bits per heavy atom. The minimum Gasteiger partial charge on any atom is -0.339 e. The van der Waals surface area contributed by atoms with Crippen molar-refractivity contribution < 1.29 is 4.79 Å². The van der Waals surface area contributed by atoms with Crippen molar-refractivity contribution in [2.45, 2.75) is 34.1 Å². The Balaban J connectivity index is 0.000000561. The van der Waals surface area contributed by atoms with Crippen LogP contribution in [-0.2, 0) is 4.79 Å². The minimum absolute atomic E-state index is 0.172. The summed E-state index contributed by atoms with van der Waals surface area (Å²) in [6.45, 7) is 9.75. The zero-order chi connectivity index (χ0) is 9.56. The van der Waals surface area contributed by atoms with Crippen molar-refractivity contribution in [2.75, 3.05) is 13.1 Å². The van der Waals surface area contributed by atoms with Gasteiger partial charge in [-0.3, -0.25) is 4.79 Å². The van der Waals surface area contributed by atoms with Gasteiger partial charge in [0.15, 0.2) is 0 Å². The van der Waals surface area contributed by atoms with E-state index in [-0.39, 0.29) is 5.91 Å². The molecule has 0 aliphatic carbocycles. The maximum absolute atomic E-state index is 11.1. The summed E-state index contributed by atoms with van der Waals surface area (Å²) < 4.78 is 0. The molecule has 2 heteroatoms. The quantitative estimate of drug-likeness (QED) is 0.589. The van der Waals surface area contributed by atoms with Gasteiger partial charge in [-0.15, -0.1) is 0 Å². The van der Waals surface area contributed by atoms with E-state index in [1.165, 1.54) is 5.57 Å². The molecule has 2 nitrogen and oxygen atoms in total. The SMILES string of the molecule is CC.CCN1CCC(C)=CC1=O. The standard InChI is InChI=1S/C8H13NO.C2H6/c1-3-9-5-4-7(2)6-8(9)10;1-2/h6H,3-5H2,1-2H3;1-2H3. The summed E-state index contributed by atoms with van der Waals surface area (Å²) in [6, 6.07) is 0. The normalized spacial score (nSPS) is 16.5. The molecule has 0 saturated carbocycles. The third-order valence-corrected chi connectivity index (χ3v) is 1.84. The molecule has 0 aromatic carbocycles. The van der Waals surface area contributed by atoms with E-state index in [1.54, 1.807) is 6.08 Å². The van der Waals surface area contributed by atoms with Crippen LogP contribution in [0.4, 0.5) is 0 Å². The topological polar surface area (TPSA) is 20.3 Å². The molecule has 0 N–H and O–H groups in total. The number of nitrogens with zero attached hydrogens (tertiary/aromatic N) is 1. The molecule has 1 aliphatic rings. The molecular formula is C10H19NO. The summed E-state index contributed by atoms with van der Waals surface area (Å²) in [5.74, 6) is 0.172. The van der Waals surface area contributed by atoms with Crippen LogP contribution in [0.25, 0.3) is 0 Å². The molecule has 0 bridgehead atoms. The second-order valence-corrected chi connectivity index (χ2v) is 2.66. The predicted octanol–water partition coefficient (Wildman–Crippen LogP) is 2.21. The van der Waals surface area contributed by atoms with Gasteiger partial charge in [-0.1, -0.05) is 19.4 Å². The summed E-state index contributed by atoms with van der Waals surface area (Å²) in [5, 5.41) is 0. The lowest BCUT2D eigenvalue weighted by molar-refractivity contribution is -0.126. The number of hydrogen-bond donors (Lipinski definition) is 0. The third-order valence-electron chi connectivity index (χ3n) is 1.84. The van der Waals surface area contributed by atoms with Crippen LogP contribution in [0.3, 0.4) is 0 Å². The molecule has 12 heavy (non-hydrogen) atoms. The van der Waals surface area contributed by atoms with Crippen molar-refractivity contribution in [2.24, 2.45) is 0 Å². The lowest BCUT2D eigenvalue weighted by Gasteiger charge is -2.23. The van der Waals surface area contributed by atoms with Gasteiger partial charge in [-0.2, -0.15) is 0 Å². The van der Waals surface area contributed by atoms with E-state index >= 15 is 0 Å². The predicted molar refractivity (Wildman–Crippen MR) is 52.0 cm³/mol. The van der Waals surface area contributed by atoms with E-state index in [0.29, 0.717) is 0 Å². The van der Waals surface area contributed by atoms with E-state index in [9.17, 15) is 4.79 Å². The molecule has 70 valence electrons. The Labute approximate surface area is 75.3 Å². The summed E-state index contributed by atoms with van der Waals surface area (Å²) in [7, 11) is 0. The molecular weight excluding hydrogens is 150 g/mol. The van der Waals surface area contributed by atoms with Crippen LogP contribution in [-0.4, -0.2) is 23.9 Å². The highest BCUT2D eigenvalue weighted by Gasteiger charge is 2.13. The summed E-state index contributed by atoms with van der Waals surface area (Å²) in [5.41, 5.74) is 1.20. The largest absolute Gasteiger partial charge is 0.339 e. The van der Waals surface area contributed by atoms with Crippen LogP contribution >= 0.6 is 0 Å². The van der Waals surface area contributed by atoms with Gasteiger partial charge in [0.05, 0.1) is 0 Å². The van der Waals surface area contributed by atoms with Gasteiger partial charge in [0, 0.05) is 19.2 Å². The average Bonchev–Trinajstić information content (AvgIpc) is 2.08. The van der Waals surface area contributed by atoms with Crippen molar-refractivity contribution in [3.05, 3.63) is 11.6 Å². The number of carbonyl (C=O) groups excluding carboxylic acids is 1. The molecule has 0 unspecified atom stereocenters. The molecule has 0 aromatic rings. The van der Waals surface area contributed by atoms with Gasteiger partial charge >= 0.3 is 0 Å². The Morgan fingerprint density at radius 3 is 2.50 bits per heavy atom. The van der Waals surface area contributed by atoms with Gasteiger partial charge in [-0.05, 0) is 20.3 Å². The molecule has 1 aliphatic heterocycles. The Hall–Kier alpha value is -0.790. The monoisotopic (exact) mass is 169 g/mol. The fourth-order valence-electron chi connectivity index (χ4n) is 1.11. The fourth-order valence-corrected chi connectivity index (χ4v) is 1.11. The van der Waals surface area contributed by atoms with Crippen LogP contribution < -0.4 is 0 Å². The molecule has 0 atom stereocenters. The number of likely N-dealkylation sites (N-methyl/N-ethyl adjacent to an activating group) is 1. The Kier molecular flexibility index (Phi) is 5.43. The Morgan fingerprint density at radius 2 is 2.08 bits per heavy atom. The van der Waals surface area contributed by atoms with Gasteiger partial charge < -0.3 is 4.90 Å². The van der Waals surface area contributed by atoms with Crippen LogP contribution in [0.15, 0.2) is 11.6 Å². The third kappa shape index (κ3) is 3.07. The number of hydrogen-bond acceptors (Lipinski definition) is 1. The van der Waals surface area contributed by atoms with Crippen molar-refractivity contribution in [1.29, 1.82) is 0 Å². The first-order chi connectivity index (χ1) is 5.74. The molecule has 1 amide bonds. The lowest BCUT2D eigenvalue weighted by Crippen LogP contribution is -2.33. The van der Waals surface area contributed by atoms with Crippen LogP contribution in [0.2, 0.25) is 0 Å². The van der Waals surface area contributed by atoms with Gasteiger partial charge in [0.1, 0.15) is 0 Å². The van der Waals surface area contributed by atoms with E-state index in [4.69, 9.17) is 0 Å². The van der Waals surface area contributed by atoms with Crippen LogP contribution in [0, 0.1) is 0 Å². The van der Waals surface area contributed by atoms with Gasteiger partial charge in [-0.25, -0.2) is 0 Å². The Bertz CT molecular complexity index is 173. The van der Waals surface area contributed by atoms with E-state index in [0.717, 1.165) is 19.5 Å². The molecule has 0 radical (unpaired) electrons. The summed E-state index contributed by atoms with van der Waals surface area (Å²) >= 11 is 0. The van der Waals surface area contributed by atoms with Crippen molar-refractivity contribution in [3.63, 3.8) is 0 Å². The van der Waals surface area contributed by atoms with Crippen LogP contribution in [0.5, 0.6) is 0 Å². The number of carbonyl (C=O) groups is 1. The lowest BCUT2D eigenvalue weighted by atomic mass is 10.1. The molecule has 1 heterocycles.